The average molecular weight is 1010 g/mol. The Morgan fingerprint density at radius 1 is 0.529 bits per heavy atom. The van der Waals surface area contributed by atoms with Crippen molar-refractivity contribution in [3.8, 4) is 6.07 Å². The Hall–Kier alpha value is -5.60. The van der Waals surface area contributed by atoms with E-state index in [1.807, 2.05) is 63.2 Å². The molecule has 2 N–H and O–H groups in total. The third-order valence-electron chi connectivity index (χ3n) is 13.5. The number of benzene rings is 4. The number of nitrogens with one attached hydrogen (secondary N) is 2. The highest BCUT2D eigenvalue weighted by Gasteiger charge is 2.32. The first-order chi connectivity index (χ1) is 33.9. The lowest BCUT2D eigenvalue weighted by molar-refractivity contribution is -0.137. The van der Waals surface area contributed by atoms with Crippen LogP contribution in [0, 0.1) is 11.3 Å². The van der Waals surface area contributed by atoms with E-state index in [2.05, 4.69) is 71.5 Å². The van der Waals surface area contributed by atoms with Crippen LogP contribution in [0.3, 0.4) is 0 Å². The predicted octanol–water partition coefficient (Wildman–Crippen LogP) is 8.44. The molecule has 4 saturated heterocycles. The number of carbonyl (C=O) groups is 2. The summed E-state index contributed by atoms with van der Waals surface area (Å²) >= 11 is 12.5. The van der Waals surface area contributed by atoms with E-state index < -0.39 is 11.7 Å². The van der Waals surface area contributed by atoms with Gasteiger partial charge in [0.25, 0.3) is 0 Å². The first kappa shape index (κ1) is 52.2. The van der Waals surface area contributed by atoms with Crippen molar-refractivity contribution in [2.45, 2.75) is 31.9 Å². The van der Waals surface area contributed by atoms with Gasteiger partial charge in [-0.3, -0.25) is 9.80 Å². The van der Waals surface area contributed by atoms with Crippen LogP contribution < -0.4 is 30.2 Å². The molecule has 0 spiro atoms. The molecule has 4 aromatic carbocycles. The van der Waals surface area contributed by atoms with Gasteiger partial charge in [-0.05, 0) is 93.4 Å². The molecule has 0 atom stereocenters. The van der Waals surface area contributed by atoms with Crippen molar-refractivity contribution in [2.24, 2.45) is 0 Å². The Morgan fingerprint density at radius 3 is 1.43 bits per heavy atom. The summed E-state index contributed by atoms with van der Waals surface area (Å²) in [5.74, 6) is 0. The molecule has 0 saturated carbocycles. The molecule has 0 bridgehead atoms. The molecule has 18 heteroatoms. The van der Waals surface area contributed by atoms with Crippen molar-refractivity contribution in [2.75, 3.05) is 150 Å². The fourth-order valence-corrected chi connectivity index (χ4v) is 9.76. The number of amides is 4. The van der Waals surface area contributed by atoms with Crippen LogP contribution in [0.15, 0.2) is 97.1 Å². The van der Waals surface area contributed by atoms with E-state index in [1.54, 1.807) is 0 Å². The van der Waals surface area contributed by atoms with Crippen LogP contribution in [0.5, 0.6) is 0 Å². The van der Waals surface area contributed by atoms with E-state index in [-0.39, 0.29) is 17.6 Å². The fraction of sp³-hybridized carbons (Fsp3) is 0.481. The number of hydrogen-bond acceptors (Lipinski definition) is 9. The molecule has 4 aliphatic rings. The van der Waals surface area contributed by atoms with Crippen molar-refractivity contribution in [3.63, 3.8) is 0 Å². The monoisotopic (exact) mass is 1000 g/mol. The lowest BCUT2D eigenvalue weighted by Gasteiger charge is -2.36. The minimum Gasteiger partial charge on any atom is -0.369 e. The molecule has 0 aliphatic carbocycles. The van der Waals surface area contributed by atoms with Crippen molar-refractivity contribution in [3.05, 3.63) is 118 Å². The molecular formula is C52H66Cl2F3N11O2. The summed E-state index contributed by atoms with van der Waals surface area (Å²) in [4.78, 5) is 42.4. The topological polar surface area (TPSA) is 108 Å². The van der Waals surface area contributed by atoms with Crippen LogP contribution in [-0.2, 0) is 6.18 Å². The van der Waals surface area contributed by atoms with Gasteiger partial charge in [0.05, 0.1) is 32.9 Å². The molecule has 4 aliphatic heterocycles. The molecule has 4 amide bonds. The van der Waals surface area contributed by atoms with Gasteiger partial charge in [-0.25, -0.2) is 9.59 Å². The van der Waals surface area contributed by atoms with Gasteiger partial charge in [-0.2, -0.15) is 18.4 Å². The Balaban J connectivity index is 0.000000208. The van der Waals surface area contributed by atoms with E-state index >= 15 is 0 Å². The Bertz CT molecular complexity index is 2290. The van der Waals surface area contributed by atoms with Gasteiger partial charge in [0.15, 0.2) is 0 Å². The summed E-state index contributed by atoms with van der Waals surface area (Å²) < 4.78 is 39.6. The number of halogens is 5. The molecule has 376 valence electrons. The van der Waals surface area contributed by atoms with E-state index in [0.29, 0.717) is 48.5 Å². The zero-order valence-electron chi connectivity index (χ0n) is 39.9. The van der Waals surface area contributed by atoms with Gasteiger partial charge in [-0.1, -0.05) is 65.7 Å². The molecule has 4 heterocycles. The van der Waals surface area contributed by atoms with Crippen molar-refractivity contribution < 1.29 is 22.8 Å². The molecule has 0 unspecified atom stereocenters. The SMILES string of the molecule is N#Cc1cc(N2CCN(CCCCNC(=O)N3CCN(c4ccccc4)CC3)CC2)cc(C(F)(F)F)c1.O=C(NCCCCN1CCN(c2cccc(Cl)c2Cl)CC1)N1CCN(c2ccccc2)CC1. The lowest BCUT2D eigenvalue weighted by atomic mass is 10.1. The van der Waals surface area contributed by atoms with Crippen LogP contribution in [0.4, 0.5) is 45.5 Å². The maximum absolute atomic E-state index is 13.2. The van der Waals surface area contributed by atoms with Crippen molar-refractivity contribution in [1.82, 2.24) is 30.2 Å². The second kappa shape index (κ2) is 26.0. The Kier molecular flexibility index (Phi) is 19.4. The molecule has 0 radical (unpaired) electrons. The van der Waals surface area contributed by atoms with E-state index in [1.165, 1.54) is 17.4 Å². The van der Waals surface area contributed by atoms with Gasteiger partial charge >= 0.3 is 18.2 Å². The number of nitriles is 1. The summed E-state index contributed by atoms with van der Waals surface area (Å²) in [6.07, 6.45) is -0.593. The number of hydrogen-bond donors (Lipinski definition) is 2. The number of piperazine rings is 4. The summed E-state index contributed by atoms with van der Waals surface area (Å²) in [6.45, 7) is 16.3. The van der Waals surface area contributed by atoms with E-state index in [9.17, 15) is 22.8 Å². The van der Waals surface area contributed by atoms with Gasteiger partial charge in [0.2, 0.25) is 0 Å². The zero-order chi connectivity index (χ0) is 49.3. The summed E-state index contributed by atoms with van der Waals surface area (Å²) in [5.41, 5.74) is 3.12. The summed E-state index contributed by atoms with van der Waals surface area (Å²) in [5, 5.41) is 16.5. The van der Waals surface area contributed by atoms with E-state index in [4.69, 9.17) is 28.5 Å². The number of nitrogens with zero attached hydrogens (tertiary/aromatic N) is 9. The third-order valence-corrected chi connectivity index (χ3v) is 14.3. The molecular weight excluding hydrogens is 939 g/mol. The highest BCUT2D eigenvalue weighted by molar-refractivity contribution is 6.43. The maximum Gasteiger partial charge on any atom is 0.416 e. The first-order valence-electron chi connectivity index (χ1n) is 24.6. The van der Waals surface area contributed by atoms with Crippen LogP contribution in [0.1, 0.15) is 36.8 Å². The Labute approximate surface area is 421 Å². The van der Waals surface area contributed by atoms with Gasteiger partial charge in [-0.15, -0.1) is 0 Å². The average Bonchev–Trinajstić information content (AvgIpc) is 3.40. The normalized spacial score (nSPS) is 17.1. The highest BCUT2D eigenvalue weighted by atomic mass is 35.5. The number of para-hydroxylation sites is 2. The quantitative estimate of drug-likeness (QED) is 0.121. The molecule has 8 rings (SSSR count). The van der Waals surface area contributed by atoms with E-state index in [0.717, 1.165) is 142 Å². The summed E-state index contributed by atoms with van der Waals surface area (Å²) in [7, 11) is 0. The molecule has 4 aromatic rings. The lowest BCUT2D eigenvalue weighted by Crippen LogP contribution is -2.52. The fourth-order valence-electron chi connectivity index (χ4n) is 9.35. The second-order valence-electron chi connectivity index (χ2n) is 18.1. The highest BCUT2D eigenvalue weighted by Crippen LogP contribution is 2.34. The third kappa shape index (κ3) is 15.2. The Morgan fingerprint density at radius 2 is 0.971 bits per heavy atom. The minimum absolute atomic E-state index is 0.0147. The minimum atomic E-state index is -4.48. The van der Waals surface area contributed by atoms with Gasteiger partial charge < -0.3 is 40.0 Å². The van der Waals surface area contributed by atoms with Crippen LogP contribution in [0.2, 0.25) is 10.0 Å². The van der Waals surface area contributed by atoms with Crippen LogP contribution in [-0.4, -0.2) is 163 Å². The molecule has 4 fully saturated rings. The largest absolute Gasteiger partial charge is 0.416 e. The second-order valence-corrected chi connectivity index (χ2v) is 18.9. The predicted molar refractivity (Wildman–Crippen MR) is 276 cm³/mol. The number of rotatable bonds is 14. The number of urea groups is 2. The van der Waals surface area contributed by atoms with Crippen LogP contribution in [0.25, 0.3) is 0 Å². The number of unbranched alkanes of at least 4 members (excludes halogenated alkanes) is 2. The van der Waals surface area contributed by atoms with Crippen molar-refractivity contribution >= 4 is 58.0 Å². The number of carbonyl (C=O) groups excluding carboxylic acids is 2. The van der Waals surface area contributed by atoms with Gasteiger partial charge in [0.1, 0.15) is 0 Å². The number of anilines is 4. The smallest absolute Gasteiger partial charge is 0.369 e. The zero-order valence-corrected chi connectivity index (χ0v) is 41.5. The molecule has 70 heavy (non-hydrogen) atoms. The first-order valence-corrected chi connectivity index (χ1v) is 25.4. The molecule has 13 nitrogen and oxygen atoms in total. The number of alkyl halides is 3. The standard InChI is InChI=1S/C27H33F3N6O.C25H33Cl2N5O/c28-27(29,30)23-18-22(21-31)19-25(20-23)35-12-10-33(11-13-35)9-5-4-8-32-26(37)36-16-14-34(15-17-36)24-6-2-1-3-7-24;26-22-9-6-10-23(24(22)27)31-15-13-29(14-16-31)12-5-4-11-28-25(33)32-19-17-30(18-20-32)21-7-2-1-3-8-21/h1-3,6-7,18-20H,4-5,8-17H2,(H,32,37);1-3,6-10H,4-5,11-20H2,(H,28,33). The van der Waals surface area contributed by atoms with Crippen LogP contribution >= 0.6 is 23.2 Å². The van der Waals surface area contributed by atoms with Gasteiger partial charge in [0, 0.05) is 135 Å². The van der Waals surface area contributed by atoms with Crippen molar-refractivity contribution in [1.29, 1.82) is 5.26 Å². The summed E-state index contributed by atoms with van der Waals surface area (Å²) in [6, 6.07) is 31.9. The molecule has 0 aromatic heterocycles. The maximum atomic E-state index is 13.2.